The number of aliphatic hydroxyl groups is 1. The van der Waals surface area contributed by atoms with Crippen molar-refractivity contribution in [3.8, 4) is 0 Å². The van der Waals surface area contributed by atoms with E-state index in [1.165, 1.54) is 10.9 Å². The Morgan fingerprint density at radius 3 is 2.44 bits per heavy atom. The summed E-state index contributed by atoms with van der Waals surface area (Å²) < 4.78 is 49.6. The number of hydrogen-bond acceptors (Lipinski definition) is 13. The van der Waals surface area contributed by atoms with E-state index in [0.717, 1.165) is 37.9 Å². The molecule has 3 fully saturated rings. The molecule has 4 aromatic carbocycles. The van der Waals surface area contributed by atoms with Crippen LogP contribution in [0.3, 0.4) is 0 Å². The first-order valence-corrected chi connectivity index (χ1v) is 19.7. The summed E-state index contributed by atoms with van der Waals surface area (Å²) in [6, 6.07) is 18.4. The highest BCUT2D eigenvalue weighted by molar-refractivity contribution is 8.07. The number of nitrogens with two attached hydrogens (primary N) is 1. The van der Waals surface area contributed by atoms with Gasteiger partial charge in [-0.2, -0.15) is 4.98 Å². The topological polar surface area (TPSA) is 223 Å². The maximum Gasteiger partial charge on any atom is 0.472 e. The summed E-state index contributed by atoms with van der Waals surface area (Å²) in [5.74, 6) is -0.206. The van der Waals surface area contributed by atoms with E-state index in [4.69, 9.17) is 45.1 Å². The molecule has 0 spiro atoms. The van der Waals surface area contributed by atoms with Crippen LogP contribution in [0.25, 0.3) is 43.5 Å². The average Bonchev–Trinajstić information content (AvgIpc) is 3.76. The van der Waals surface area contributed by atoms with Gasteiger partial charge in [0.25, 0.3) is 5.56 Å². The second kappa shape index (κ2) is 11.8. The lowest BCUT2D eigenvalue weighted by Gasteiger charge is -2.27. The predicted octanol–water partition coefficient (Wildman–Crippen LogP) is 3.52. The van der Waals surface area contributed by atoms with Gasteiger partial charge in [-0.3, -0.25) is 27.9 Å². The maximum atomic E-state index is 13.4. The number of nitrogens with one attached hydrogen (secondary N) is 1. The number of anilines is 1. The van der Waals surface area contributed by atoms with Gasteiger partial charge in [0.1, 0.15) is 30.5 Å². The van der Waals surface area contributed by atoms with Gasteiger partial charge < -0.3 is 34.6 Å². The fraction of sp³-hybridized carbons (Fsp3) is 0.323. The van der Waals surface area contributed by atoms with Crippen molar-refractivity contribution in [1.82, 2.24) is 19.5 Å². The van der Waals surface area contributed by atoms with Crippen molar-refractivity contribution in [2.75, 3.05) is 18.9 Å². The van der Waals surface area contributed by atoms with E-state index in [9.17, 15) is 24.3 Å². The predicted molar refractivity (Wildman–Crippen MR) is 183 cm³/mol. The summed E-state index contributed by atoms with van der Waals surface area (Å²) >= 11 is 5.36. The van der Waals surface area contributed by atoms with Crippen molar-refractivity contribution in [2.45, 2.75) is 49.3 Å². The molecule has 5 heterocycles. The molecule has 3 aliphatic rings. The molecule has 4 unspecified atom stereocenters. The van der Waals surface area contributed by atoms with E-state index >= 15 is 0 Å². The fourth-order valence-electron chi connectivity index (χ4n) is 7.26. The fourth-order valence-corrected chi connectivity index (χ4v) is 9.63. The Labute approximate surface area is 286 Å². The summed E-state index contributed by atoms with van der Waals surface area (Å²) in [5.41, 5.74) is 5.88. The summed E-state index contributed by atoms with van der Waals surface area (Å²) in [7, 11) is -4.80. The number of nitrogen functional groups attached to an aromatic ring is 1. The molecular weight excluding hydrogens is 712 g/mol. The number of hydrogen-bond donors (Lipinski definition) is 5. The molecule has 19 heteroatoms. The van der Waals surface area contributed by atoms with E-state index < -0.39 is 69.6 Å². The van der Waals surface area contributed by atoms with Gasteiger partial charge in [-0.15, -0.1) is 0 Å². The largest absolute Gasteiger partial charge is 0.472 e. The second-order valence-electron chi connectivity index (χ2n) is 12.5. The number of benzene rings is 4. The summed E-state index contributed by atoms with van der Waals surface area (Å²) in [6.07, 6.45) is -6.81. The zero-order valence-electron chi connectivity index (χ0n) is 25.8. The number of phosphoric ester groups is 1. The first kappa shape index (κ1) is 32.5. The van der Waals surface area contributed by atoms with Crippen molar-refractivity contribution in [3.63, 3.8) is 0 Å². The summed E-state index contributed by atoms with van der Waals surface area (Å²) in [4.78, 5) is 45.0. The Morgan fingerprint density at radius 2 is 1.64 bits per heavy atom. The Hall–Kier alpha value is -3.41. The number of ether oxygens (including phenoxy) is 2. The molecule has 0 radical (unpaired) electrons. The maximum absolute atomic E-state index is 13.4. The van der Waals surface area contributed by atoms with Gasteiger partial charge in [-0.05, 0) is 49.7 Å². The first-order chi connectivity index (χ1) is 23.9. The molecule has 0 saturated carbocycles. The highest BCUT2D eigenvalue weighted by Crippen LogP contribution is 2.54. The zero-order chi connectivity index (χ0) is 34.5. The van der Waals surface area contributed by atoms with Gasteiger partial charge in [0.15, 0.2) is 17.4 Å². The SMILES string of the molecule is Nc1nc2c(ncn2[C@@H]2O[C@@H]3COP(=O)(O)OC4C[C@H](c5ccc6ccc7cccc8ccc5c6c78)O[C@@H]4COP(O)(=S)O[C@H]2C3O)c(=O)[nH]1. The average molecular weight is 742 g/mol. The molecule has 0 amide bonds. The van der Waals surface area contributed by atoms with Crippen LogP contribution in [0.5, 0.6) is 0 Å². The highest BCUT2D eigenvalue weighted by Gasteiger charge is 2.51. The molecule has 3 saturated heterocycles. The number of fused-ring (bicyclic) bond motifs is 4. The monoisotopic (exact) mass is 741 g/mol. The normalized spacial score (nSPS) is 33.9. The Balaban J connectivity index is 1.04. The molecule has 3 aliphatic heterocycles. The van der Waals surface area contributed by atoms with Crippen LogP contribution in [0.2, 0.25) is 0 Å². The Kier molecular flexibility index (Phi) is 7.68. The van der Waals surface area contributed by atoms with Gasteiger partial charge >= 0.3 is 14.5 Å². The second-order valence-corrected chi connectivity index (χ2v) is 16.7. The van der Waals surface area contributed by atoms with Crippen LogP contribution in [0.15, 0.2) is 65.7 Å². The van der Waals surface area contributed by atoms with Gasteiger partial charge in [0.05, 0.1) is 25.6 Å². The minimum Gasteiger partial charge on any atom is -0.387 e. The number of imidazole rings is 1. The van der Waals surface area contributed by atoms with E-state index in [-0.39, 0.29) is 30.1 Å². The van der Waals surface area contributed by atoms with E-state index in [0.29, 0.717) is 0 Å². The van der Waals surface area contributed by atoms with Gasteiger partial charge in [0.2, 0.25) is 5.95 Å². The van der Waals surface area contributed by atoms with Crippen LogP contribution in [-0.2, 0) is 43.9 Å². The van der Waals surface area contributed by atoms with Crippen molar-refractivity contribution in [3.05, 3.63) is 76.8 Å². The third-order valence-electron chi connectivity index (χ3n) is 9.47. The number of aromatic nitrogens is 4. The quantitative estimate of drug-likeness (QED) is 0.127. The number of H-pyrrole nitrogens is 1. The lowest BCUT2D eigenvalue weighted by atomic mass is 9.90. The van der Waals surface area contributed by atoms with Crippen LogP contribution in [-0.4, -0.2) is 78.1 Å². The zero-order valence-corrected chi connectivity index (χ0v) is 28.4. The van der Waals surface area contributed by atoms with Crippen molar-refractivity contribution in [2.24, 2.45) is 0 Å². The minimum absolute atomic E-state index is 0.0110. The number of nitrogens with zero attached hydrogens (tertiary/aromatic N) is 3. The number of phosphoric acid groups is 1. The van der Waals surface area contributed by atoms with E-state index in [1.807, 2.05) is 24.3 Å². The van der Waals surface area contributed by atoms with E-state index in [1.54, 1.807) is 0 Å². The summed E-state index contributed by atoms with van der Waals surface area (Å²) in [6.45, 7) is -5.18. The van der Waals surface area contributed by atoms with Crippen LogP contribution in [0, 0.1) is 0 Å². The third kappa shape index (κ3) is 5.46. The lowest BCUT2D eigenvalue weighted by molar-refractivity contribution is -0.0597. The van der Waals surface area contributed by atoms with Crippen LogP contribution < -0.4 is 11.3 Å². The lowest BCUT2D eigenvalue weighted by Crippen LogP contribution is -2.35. The molecular formula is C31H29N5O11P2S. The van der Waals surface area contributed by atoms with Crippen molar-refractivity contribution >= 4 is 75.8 Å². The molecule has 0 aliphatic carbocycles. The summed E-state index contributed by atoms with van der Waals surface area (Å²) in [5, 5.41) is 17.7. The molecule has 260 valence electrons. The Morgan fingerprint density at radius 1 is 0.920 bits per heavy atom. The molecule has 9 atom stereocenters. The molecule has 9 rings (SSSR count). The van der Waals surface area contributed by atoms with Gasteiger partial charge in [-0.1, -0.05) is 54.6 Å². The number of rotatable bonds is 2. The molecule has 6 N–H and O–H groups in total. The van der Waals surface area contributed by atoms with Crippen molar-refractivity contribution in [1.29, 1.82) is 0 Å². The smallest absolute Gasteiger partial charge is 0.387 e. The third-order valence-corrected chi connectivity index (χ3v) is 12.0. The number of aromatic amines is 1. The molecule has 6 aromatic rings. The molecule has 16 nitrogen and oxygen atoms in total. The molecule has 50 heavy (non-hydrogen) atoms. The van der Waals surface area contributed by atoms with Crippen molar-refractivity contribution < 1.29 is 47.0 Å². The molecule has 2 bridgehead atoms. The molecule has 2 aromatic heterocycles. The standard InChI is InChI=1S/C31H29N5O11P2S/c32-31-34-28-25(29(38)35-31)33-13-36(28)30-27-26(37)22(45-30)12-42-48(39,40)46-20-10-19(44-21(20)11-43-49(41,50)47-27)17-8-6-16-5-4-14-2-1-3-15-7-9-18(17)24(16)23(14)15/h1-9,13,19-22,26-27,30,37H,10-12H2,(H,39,40)(H,41,50)(H3,32,34,35,38)/t19-,20?,21-,22-,26?,27+,30-,49?/m1/s1. The van der Waals surface area contributed by atoms with E-state index in [2.05, 4.69) is 45.3 Å². The highest BCUT2D eigenvalue weighted by atomic mass is 32.5. The number of aliphatic hydroxyl groups excluding tert-OH is 1. The van der Waals surface area contributed by atoms with Crippen LogP contribution in [0.1, 0.15) is 24.3 Å². The van der Waals surface area contributed by atoms with Gasteiger partial charge in [0, 0.05) is 6.42 Å². The Bertz CT molecular complexity index is 2450. The van der Waals surface area contributed by atoms with Gasteiger partial charge in [-0.25, -0.2) is 9.55 Å². The minimum atomic E-state index is -4.80. The van der Waals surface area contributed by atoms with Crippen LogP contribution >= 0.6 is 14.5 Å². The van der Waals surface area contributed by atoms with Crippen LogP contribution in [0.4, 0.5) is 5.95 Å². The first-order valence-electron chi connectivity index (χ1n) is 15.6.